The molecule has 3 unspecified atom stereocenters. The predicted molar refractivity (Wildman–Crippen MR) is 58.7 cm³/mol. The van der Waals surface area contributed by atoms with Crippen LogP contribution in [0.3, 0.4) is 0 Å². The molecule has 100 valence electrons. The van der Waals surface area contributed by atoms with Crippen LogP contribution in [-0.4, -0.2) is 39.6 Å². The summed E-state index contributed by atoms with van der Waals surface area (Å²) >= 11 is 0. The van der Waals surface area contributed by atoms with Gasteiger partial charge in [-0.3, -0.25) is 0 Å². The van der Waals surface area contributed by atoms with Gasteiger partial charge in [-0.15, -0.1) is 0 Å². The van der Waals surface area contributed by atoms with Gasteiger partial charge in [0.25, 0.3) is 5.92 Å². The van der Waals surface area contributed by atoms with Crippen LogP contribution in [0.15, 0.2) is 24.3 Å². The lowest BCUT2D eigenvalue weighted by molar-refractivity contribution is -0.195. The molecule has 4 nitrogen and oxygen atoms in total. The molecule has 0 heterocycles. The second kappa shape index (κ2) is 4.70. The largest absolute Gasteiger partial charge is 0.508 e. The van der Waals surface area contributed by atoms with E-state index in [1.165, 1.54) is 24.3 Å². The van der Waals surface area contributed by atoms with Gasteiger partial charge >= 0.3 is 0 Å². The highest BCUT2D eigenvalue weighted by atomic mass is 19.3. The van der Waals surface area contributed by atoms with Gasteiger partial charge in [0.05, 0.1) is 6.10 Å². The van der Waals surface area contributed by atoms with Gasteiger partial charge in [-0.05, 0) is 30.7 Å². The van der Waals surface area contributed by atoms with Crippen LogP contribution in [0.25, 0.3) is 0 Å². The smallest absolute Gasteiger partial charge is 0.286 e. The Balaban J connectivity index is 2.16. The van der Waals surface area contributed by atoms with E-state index in [0.717, 1.165) is 0 Å². The van der Waals surface area contributed by atoms with Crippen LogP contribution < -0.4 is 4.74 Å². The third-order valence-corrected chi connectivity index (χ3v) is 2.99. The minimum atomic E-state index is -3.20. The maximum absolute atomic E-state index is 13.6. The summed E-state index contributed by atoms with van der Waals surface area (Å²) in [6.07, 6.45) is -5.34. The highest BCUT2D eigenvalue weighted by Crippen LogP contribution is 2.36. The molecule has 1 saturated carbocycles. The Hall–Kier alpha value is -1.40. The zero-order chi connectivity index (χ0) is 13.3. The summed E-state index contributed by atoms with van der Waals surface area (Å²) in [7, 11) is 0. The number of aliphatic hydroxyl groups is 2. The molecule has 6 heteroatoms. The summed E-state index contributed by atoms with van der Waals surface area (Å²) < 4.78 is 32.3. The number of hydrogen-bond donors (Lipinski definition) is 3. The van der Waals surface area contributed by atoms with Crippen molar-refractivity contribution < 1.29 is 28.8 Å². The average Bonchev–Trinajstić information content (AvgIpc) is 2.32. The van der Waals surface area contributed by atoms with Crippen molar-refractivity contribution in [2.45, 2.75) is 37.1 Å². The van der Waals surface area contributed by atoms with E-state index in [1.54, 1.807) is 0 Å². The van der Waals surface area contributed by atoms with Crippen LogP contribution >= 0.6 is 0 Å². The van der Waals surface area contributed by atoms with E-state index in [9.17, 15) is 19.0 Å². The molecule has 3 atom stereocenters. The number of alkyl halides is 2. The molecule has 1 aromatic carbocycles. The van der Waals surface area contributed by atoms with Gasteiger partial charge < -0.3 is 20.1 Å². The van der Waals surface area contributed by atoms with Crippen molar-refractivity contribution in [2.75, 3.05) is 0 Å². The quantitative estimate of drug-likeness (QED) is 0.749. The number of aromatic hydroxyl groups is 1. The normalized spacial score (nSPS) is 31.0. The van der Waals surface area contributed by atoms with Crippen molar-refractivity contribution in [1.82, 2.24) is 0 Å². The van der Waals surface area contributed by atoms with Gasteiger partial charge in [0.15, 0.2) is 6.10 Å². The molecular formula is C12H14F2O4. The van der Waals surface area contributed by atoms with E-state index in [-0.39, 0.29) is 17.9 Å². The topological polar surface area (TPSA) is 69.9 Å². The van der Waals surface area contributed by atoms with Crippen molar-refractivity contribution >= 4 is 0 Å². The van der Waals surface area contributed by atoms with Crippen LogP contribution in [0.2, 0.25) is 0 Å². The zero-order valence-corrected chi connectivity index (χ0v) is 9.46. The second-order valence-corrected chi connectivity index (χ2v) is 4.39. The van der Waals surface area contributed by atoms with Gasteiger partial charge in [-0.25, -0.2) is 8.78 Å². The third-order valence-electron chi connectivity index (χ3n) is 2.99. The molecular weight excluding hydrogens is 246 g/mol. The van der Waals surface area contributed by atoms with Crippen LogP contribution in [0, 0.1) is 0 Å². The summed E-state index contributed by atoms with van der Waals surface area (Å²) in [5, 5.41) is 28.0. The monoisotopic (exact) mass is 260 g/mol. The highest BCUT2D eigenvalue weighted by Gasteiger charge is 2.52. The maximum atomic E-state index is 13.6. The third kappa shape index (κ3) is 2.54. The summed E-state index contributed by atoms with van der Waals surface area (Å²) in [5.41, 5.74) is 0. The Morgan fingerprint density at radius 1 is 1.17 bits per heavy atom. The van der Waals surface area contributed by atoms with Gasteiger partial charge in [-0.1, -0.05) is 0 Å². The van der Waals surface area contributed by atoms with Gasteiger partial charge in [-0.2, -0.15) is 0 Å². The lowest BCUT2D eigenvalue weighted by Gasteiger charge is -2.37. The lowest BCUT2D eigenvalue weighted by Crippen LogP contribution is -2.55. The molecule has 1 aromatic rings. The second-order valence-electron chi connectivity index (χ2n) is 4.39. The fraction of sp³-hybridized carbons (Fsp3) is 0.500. The average molecular weight is 260 g/mol. The standard InChI is InChI=1S/C12H14F2O4/c13-12(14)6-5-9(16)10(17)11(12)18-8-3-1-7(15)2-4-8/h1-4,9-11,15-17H,5-6H2. The molecule has 0 aromatic heterocycles. The maximum Gasteiger partial charge on any atom is 0.286 e. The number of hydrogen-bond acceptors (Lipinski definition) is 4. The lowest BCUT2D eigenvalue weighted by atomic mass is 9.88. The number of halogens is 2. The fourth-order valence-electron chi connectivity index (χ4n) is 1.93. The van der Waals surface area contributed by atoms with Crippen molar-refractivity contribution in [3.8, 4) is 11.5 Å². The van der Waals surface area contributed by atoms with E-state index < -0.39 is 30.7 Å². The van der Waals surface area contributed by atoms with E-state index >= 15 is 0 Å². The Bertz CT molecular complexity index is 407. The number of phenolic OH excluding ortho intramolecular Hbond substituents is 1. The first kappa shape index (κ1) is 13.0. The predicted octanol–water partition coefficient (Wildman–Crippen LogP) is 1.29. The molecule has 0 spiro atoms. The molecule has 0 saturated heterocycles. The Morgan fingerprint density at radius 3 is 2.39 bits per heavy atom. The number of aliphatic hydroxyl groups excluding tert-OH is 2. The summed E-state index contributed by atoms with van der Waals surface area (Å²) in [4.78, 5) is 0. The summed E-state index contributed by atoms with van der Waals surface area (Å²) in [6.45, 7) is 0. The molecule has 2 rings (SSSR count). The first-order valence-electron chi connectivity index (χ1n) is 5.60. The van der Waals surface area contributed by atoms with Gasteiger partial charge in [0.2, 0.25) is 0 Å². The summed E-state index contributed by atoms with van der Waals surface area (Å²) in [5.74, 6) is -3.11. The Labute approximate surface area is 102 Å². The van der Waals surface area contributed by atoms with Gasteiger partial charge in [0.1, 0.15) is 17.6 Å². The van der Waals surface area contributed by atoms with Crippen LogP contribution in [0.4, 0.5) is 8.78 Å². The van der Waals surface area contributed by atoms with Crippen molar-refractivity contribution in [3.05, 3.63) is 24.3 Å². The van der Waals surface area contributed by atoms with E-state index in [4.69, 9.17) is 9.84 Å². The zero-order valence-electron chi connectivity index (χ0n) is 9.46. The molecule has 3 N–H and O–H groups in total. The van der Waals surface area contributed by atoms with Crippen molar-refractivity contribution in [2.24, 2.45) is 0 Å². The molecule has 0 amide bonds. The van der Waals surface area contributed by atoms with E-state index in [1.807, 2.05) is 0 Å². The molecule has 0 bridgehead atoms. The molecule has 18 heavy (non-hydrogen) atoms. The molecule has 1 aliphatic rings. The van der Waals surface area contributed by atoms with Gasteiger partial charge in [0, 0.05) is 6.42 Å². The number of ether oxygens (including phenoxy) is 1. The highest BCUT2D eigenvalue weighted by molar-refractivity contribution is 5.30. The molecule has 1 aliphatic carbocycles. The Kier molecular flexibility index (Phi) is 3.41. The van der Waals surface area contributed by atoms with Crippen LogP contribution in [0.1, 0.15) is 12.8 Å². The number of rotatable bonds is 2. The van der Waals surface area contributed by atoms with Crippen molar-refractivity contribution in [3.63, 3.8) is 0 Å². The minimum Gasteiger partial charge on any atom is -0.508 e. The minimum absolute atomic E-state index is 0.0154. The molecule has 1 fully saturated rings. The first-order chi connectivity index (χ1) is 8.40. The summed E-state index contributed by atoms with van der Waals surface area (Å²) in [6, 6.07) is 5.22. The SMILES string of the molecule is Oc1ccc(OC2C(O)C(O)CCC2(F)F)cc1. The fourth-order valence-corrected chi connectivity index (χ4v) is 1.93. The van der Waals surface area contributed by atoms with Crippen molar-refractivity contribution in [1.29, 1.82) is 0 Å². The van der Waals surface area contributed by atoms with E-state index in [0.29, 0.717) is 0 Å². The van der Waals surface area contributed by atoms with Crippen LogP contribution in [0.5, 0.6) is 11.5 Å². The molecule has 0 aliphatic heterocycles. The number of phenols is 1. The number of benzene rings is 1. The molecule has 0 radical (unpaired) electrons. The Morgan fingerprint density at radius 2 is 1.78 bits per heavy atom. The van der Waals surface area contributed by atoms with E-state index in [2.05, 4.69) is 0 Å². The van der Waals surface area contributed by atoms with Crippen LogP contribution in [-0.2, 0) is 0 Å². The first-order valence-corrected chi connectivity index (χ1v) is 5.60.